The van der Waals surface area contributed by atoms with Crippen LogP contribution in [0.2, 0.25) is 15.1 Å². The predicted octanol–water partition coefficient (Wildman–Crippen LogP) is 6.50. The van der Waals surface area contributed by atoms with Gasteiger partial charge in [0.1, 0.15) is 0 Å². The standard InChI is InChI=1S/C16H15BrCl3N/c1-2-8-21-16(11-7-6-10(18)9-13(11)17)12-4-3-5-14(19)15(12)20/h3-7,9,16,21H,2,8H2,1H3. The van der Waals surface area contributed by atoms with Gasteiger partial charge in [0.05, 0.1) is 16.1 Å². The Morgan fingerprint density at radius 1 is 1.10 bits per heavy atom. The van der Waals surface area contributed by atoms with E-state index in [0.717, 1.165) is 28.6 Å². The van der Waals surface area contributed by atoms with Crippen LogP contribution < -0.4 is 5.32 Å². The summed E-state index contributed by atoms with van der Waals surface area (Å²) in [5.74, 6) is 0. The van der Waals surface area contributed by atoms with E-state index in [4.69, 9.17) is 34.8 Å². The lowest BCUT2D eigenvalue weighted by molar-refractivity contribution is 0.597. The first-order valence-corrected chi connectivity index (χ1v) is 8.59. The van der Waals surface area contributed by atoms with E-state index in [-0.39, 0.29) is 6.04 Å². The predicted molar refractivity (Wildman–Crippen MR) is 95.8 cm³/mol. The third-order valence-electron chi connectivity index (χ3n) is 3.16. The Balaban J connectivity index is 2.49. The van der Waals surface area contributed by atoms with Gasteiger partial charge in [-0.3, -0.25) is 0 Å². The van der Waals surface area contributed by atoms with Crippen LogP contribution in [-0.2, 0) is 0 Å². The van der Waals surface area contributed by atoms with E-state index in [9.17, 15) is 0 Å². The highest BCUT2D eigenvalue weighted by atomic mass is 79.9. The zero-order valence-corrected chi connectivity index (χ0v) is 15.3. The molecular formula is C16H15BrCl3N. The van der Waals surface area contributed by atoms with Crippen molar-refractivity contribution in [2.75, 3.05) is 6.54 Å². The minimum atomic E-state index is -0.0391. The Bertz CT molecular complexity index is 631. The van der Waals surface area contributed by atoms with Gasteiger partial charge in [-0.15, -0.1) is 0 Å². The van der Waals surface area contributed by atoms with Crippen LogP contribution in [0.25, 0.3) is 0 Å². The van der Waals surface area contributed by atoms with Gasteiger partial charge in [0.25, 0.3) is 0 Å². The molecule has 0 saturated heterocycles. The Hall–Kier alpha value is -0.250. The number of benzene rings is 2. The van der Waals surface area contributed by atoms with E-state index in [1.165, 1.54) is 0 Å². The van der Waals surface area contributed by atoms with Gasteiger partial charge in [0, 0.05) is 9.50 Å². The molecule has 0 spiro atoms. The SMILES string of the molecule is CCCNC(c1ccc(Cl)cc1Br)c1cccc(Cl)c1Cl. The van der Waals surface area contributed by atoms with Crippen molar-refractivity contribution in [1.29, 1.82) is 0 Å². The highest BCUT2D eigenvalue weighted by molar-refractivity contribution is 9.10. The third-order valence-corrected chi connectivity index (χ3v) is 4.92. The molecule has 1 atom stereocenters. The fourth-order valence-electron chi connectivity index (χ4n) is 2.16. The number of rotatable bonds is 5. The van der Waals surface area contributed by atoms with Gasteiger partial charge in [-0.2, -0.15) is 0 Å². The van der Waals surface area contributed by atoms with E-state index in [1.807, 2.05) is 30.3 Å². The summed E-state index contributed by atoms with van der Waals surface area (Å²) in [6, 6.07) is 11.4. The lowest BCUT2D eigenvalue weighted by Gasteiger charge is -2.22. The fourth-order valence-corrected chi connectivity index (χ4v) is 3.48. The summed E-state index contributed by atoms with van der Waals surface area (Å²) in [5, 5.41) is 5.34. The average molecular weight is 408 g/mol. The summed E-state index contributed by atoms with van der Waals surface area (Å²) in [6.07, 6.45) is 1.03. The maximum absolute atomic E-state index is 6.39. The van der Waals surface area contributed by atoms with E-state index >= 15 is 0 Å². The molecule has 1 nitrogen and oxygen atoms in total. The van der Waals surface area contributed by atoms with Crippen LogP contribution in [-0.4, -0.2) is 6.54 Å². The van der Waals surface area contributed by atoms with Crippen molar-refractivity contribution in [1.82, 2.24) is 5.32 Å². The molecule has 5 heteroatoms. The molecule has 2 aromatic rings. The van der Waals surface area contributed by atoms with Crippen LogP contribution in [0.15, 0.2) is 40.9 Å². The van der Waals surface area contributed by atoms with Gasteiger partial charge >= 0.3 is 0 Å². The lowest BCUT2D eigenvalue weighted by Crippen LogP contribution is -2.24. The van der Waals surface area contributed by atoms with E-state index < -0.39 is 0 Å². The molecule has 0 heterocycles. The minimum absolute atomic E-state index is 0.0391. The van der Waals surface area contributed by atoms with Crippen LogP contribution in [0.3, 0.4) is 0 Å². The van der Waals surface area contributed by atoms with Crippen molar-refractivity contribution in [3.63, 3.8) is 0 Å². The van der Waals surface area contributed by atoms with Crippen LogP contribution in [0.4, 0.5) is 0 Å². The van der Waals surface area contributed by atoms with Gasteiger partial charge in [-0.1, -0.05) is 75.9 Å². The number of halogens is 4. The quantitative estimate of drug-likeness (QED) is 0.597. The summed E-state index contributed by atoms with van der Waals surface area (Å²) >= 11 is 22.1. The van der Waals surface area contributed by atoms with Crippen LogP contribution in [0.1, 0.15) is 30.5 Å². The topological polar surface area (TPSA) is 12.0 Å². The molecule has 0 aliphatic carbocycles. The summed E-state index contributed by atoms with van der Waals surface area (Å²) in [6.45, 7) is 3.00. The van der Waals surface area contributed by atoms with Crippen molar-refractivity contribution in [3.8, 4) is 0 Å². The normalized spacial score (nSPS) is 12.4. The summed E-state index contributed by atoms with van der Waals surface area (Å²) in [7, 11) is 0. The first kappa shape index (κ1) is 17.1. The second-order valence-electron chi connectivity index (χ2n) is 4.70. The third kappa shape index (κ3) is 4.14. The summed E-state index contributed by atoms with van der Waals surface area (Å²) < 4.78 is 0.944. The van der Waals surface area contributed by atoms with Gasteiger partial charge in [0.2, 0.25) is 0 Å². The number of nitrogens with one attached hydrogen (secondary N) is 1. The lowest BCUT2D eigenvalue weighted by atomic mass is 9.98. The van der Waals surface area contributed by atoms with E-state index in [0.29, 0.717) is 15.1 Å². The molecule has 1 N–H and O–H groups in total. The molecule has 2 rings (SSSR count). The molecular weight excluding hydrogens is 392 g/mol. The molecule has 21 heavy (non-hydrogen) atoms. The van der Waals surface area contributed by atoms with E-state index in [1.54, 1.807) is 6.07 Å². The van der Waals surface area contributed by atoms with Crippen LogP contribution in [0, 0.1) is 0 Å². The number of hydrogen-bond acceptors (Lipinski definition) is 1. The largest absolute Gasteiger partial charge is 0.306 e. The molecule has 2 aromatic carbocycles. The molecule has 0 aliphatic heterocycles. The maximum atomic E-state index is 6.39. The molecule has 0 amide bonds. The molecule has 0 aromatic heterocycles. The maximum Gasteiger partial charge on any atom is 0.0643 e. The molecule has 0 radical (unpaired) electrons. The fraction of sp³-hybridized carbons (Fsp3) is 0.250. The first-order chi connectivity index (χ1) is 10.0. The smallest absolute Gasteiger partial charge is 0.0643 e. The highest BCUT2D eigenvalue weighted by Gasteiger charge is 2.20. The minimum Gasteiger partial charge on any atom is -0.306 e. The second kappa shape index (κ2) is 7.85. The monoisotopic (exact) mass is 405 g/mol. The molecule has 0 fully saturated rings. The second-order valence-corrected chi connectivity index (χ2v) is 6.77. The molecule has 112 valence electrons. The summed E-state index contributed by atoms with van der Waals surface area (Å²) in [5.41, 5.74) is 2.04. The molecule has 0 bridgehead atoms. The summed E-state index contributed by atoms with van der Waals surface area (Å²) in [4.78, 5) is 0. The molecule has 0 aliphatic rings. The zero-order valence-electron chi connectivity index (χ0n) is 11.5. The Morgan fingerprint density at radius 2 is 1.86 bits per heavy atom. The first-order valence-electron chi connectivity index (χ1n) is 6.66. The van der Waals surface area contributed by atoms with Gasteiger partial charge in [0.15, 0.2) is 0 Å². The van der Waals surface area contributed by atoms with Crippen LogP contribution >= 0.6 is 50.7 Å². The molecule has 1 unspecified atom stereocenters. The van der Waals surface area contributed by atoms with Gasteiger partial charge in [-0.05, 0) is 42.3 Å². The van der Waals surface area contributed by atoms with E-state index in [2.05, 4.69) is 28.2 Å². The van der Waals surface area contributed by atoms with Gasteiger partial charge < -0.3 is 5.32 Å². The number of hydrogen-bond donors (Lipinski definition) is 1. The average Bonchev–Trinajstić information content (AvgIpc) is 2.45. The van der Waals surface area contributed by atoms with Crippen molar-refractivity contribution in [2.45, 2.75) is 19.4 Å². The van der Waals surface area contributed by atoms with Crippen molar-refractivity contribution >= 4 is 50.7 Å². The van der Waals surface area contributed by atoms with Crippen LogP contribution in [0.5, 0.6) is 0 Å². The van der Waals surface area contributed by atoms with Crippen molar-refractivity contribution in [3.05, 3.63) is 67.1 Å². The van der Waals surface area contributed by atoms with Crippen molar-refractivity contribution < 1.29 is 0 Å². The Labute approximate surface area is 148 Å². The Kier molecular flexibility index (Phi) is 6.39. The van der Waals surface area contributed by atoms with Gasteiger partial charge in [-0.25, -0.2) is 0 Å². The Morgan fingerprint density at radius 3 is 2.52 bits per heavy atom. The zero-order chi connectivity index (χ0) is 15.4. The molecule has 0 saturated carbocycles. The highest BCUT2D eigenvalue weighted by Crippen LogP contribution is 2.36. The van der Waals surface area contributed by atoms with Crippen molar-refractivity contribution in [2.24, 2.45) is 0 Å².